The predicted molar refractivity (Wildman–Crippen MR) is 144 cm³/mol. The Hall–Kier alpha value is -4.72. The highest BCUT2D eigenvalue weighted by molar-refractivity contribution is 6.00. The quantitative estimate of drug-likeness (QED) is 0.392. The zero-order valence-corrected chi connectivity index (χ0v) is 20.9. The molecule has 0 amide bonds. The number of nitrogens with zero attached hydrogens (tertiary/aromatic N) is 3. The van der Waals surface area contributed by atoms with Crippen molar-refractivity contribution >= 4 is 16.6 Å². The van der Waals surface area contributed by atoms with E-state index in [1.54, 1.807) is 32.4 Å². The van der Waals surface area contributed by atoms with E-state index in [4.69, 9.17) is 4.74 Å². The molecule has 6 rings (SSSR count). The first-order valence-electron chi connectivity index (χ1n) is 12.0. The van der Waals surface area contributed by atoms with Crippen molar-refractivity contribution in [1.29, 1.82) is 0 Å². The summed E-state index contributed by atoms with van der Waals surface area (Å²) in [5.41, 5.74) is 5.25. The fourth-order valence-corrected chi connectivity index (χ4v) is 5.44. The smallest absolute Gasteiger partial charge is 0.331 e. The molecule has 0 radical (unpaired) electrons. The lowest BCUT2D eigenvalue weighted by atomic mass is 9.98. The first-order valence-corrected chi connectivity index (χ1v) is 12.0. The molecule has 186 valence electrons. The van der Waals surface area contributed by atoms with E-state index in [9.17, 15) is 14.7 Å². The van der Waals surface area contributed by atoms with E-state index in [1.165, 1.54) is 11.6 Å². The average molecular weight is 495 g/mol. The summed E-state index contributed by atoms with van der Waals surface area (Å²) in [4.78, 5) is 27.0. The summed E-state index contributed by atoms with van der Waals surface area (Å²) in [6.07, 6.45) is 0. The van der Waals surface area contributed by atoms with Crippen molar-refractivity contribution in [3.05, 3.63) is 104 Å². The predicted octanol–water partition coefficient (Wildman–Crippen LogP) is 4.23. The molecule has 0 saturated carbocycles. The molecule has 0 bridgehead atoms. The van der Waals surface area contributed by atoms with Gasteiger partial charge in [-0.15, -0.1) is 0 Å². The second-order valence-electron chi connectivity index (χ2n) is 9.33. The third-order valence-electron chi connectivity index (χ3n) is 7.27. The van der Waals surface area contributed by atoms with Gasteiger partial charge in [-0.3, -0.25) is 13.9 Å². The van der Waals surface area contributed by atoms with E-state index < -0.39 is 11.7 Å². The number of fused-ring (bicyclic) bond motifs is 5. The standard InChI is InChI=1S/C29H26N4O4/c1-16-9-5-6-10-18(16)25-23-26(31(2)29(36)32(3)28(23)35)27-24(19-15-17(37-4)13-14-22(19)34)30-20-11-7-8-12-21(20)33(25)27/h5-15,24,30,34H,1-4H3/t24-/m1/s1. The number of benzene rings is 3. The van der Waals surface area contributed by atoms with Crippen LogP contribution in [0.15, 0.2) is 76.3 Å². The highest BCUT2D eigenvalue weighted by Crippen LogP contribution is 2.47. The van der Waals surface area contributed by atoms with Crippen LogP contribution in [0.1, 0.15) is 22.9 Å². The molecule has 0 saturated heterocycles. The number of hydrogen-bond acceptors (Lipinski definition) is 5. The van der Waals surface area contributed by atoms with Gasteiger partial charge in [0.25, 0.3) is 5.56 Å². The lowest BCUT2D eigenvalue weighted by Crippen LogP contribution is -2.37. The summed E-state index contributed by atoms with van der Waals surface area (Å²) in [6, 6.07) is 20.2. The van der Waals surface area contributed by atoms with Gasteiger partial charge in [-0.1, -0.05) is 36.4 Å². The lowest BCUT2D eigenvalue weighted by Gasteiger charge is -2.31. The molecular formula is C29H26N4O4. The molecule has 2 N–H and O–H groups in total. The van der Waals surface area contributed by atoms with Crippen LogP contribution >= 0.6 is 0 Å². The summed E-state index contributed by atoms with van der Waals surface area (Å²) < 4.78 is 10.2. The van der Waals surface area contributed by atoms with E-state index in [0.29, 0.717) is 33.6 Å². The summed E-state index contributed by atoms with van der Waals surface area (Å²) in [5, 5.41) is 15.0. The van der Waals surface area contributed by atoms with Gasteiger partial charge < -0.3 is 19.7 Å². The van der Waals surface area contributed by atoms with Crippen LogP contribution in [-0.2, 0) is 14.1 Å². The second-order valence-corrected chi connectivity index (χ2v) is 9.33. The summed E-state index contributed by atoms with van der Waals surface area (Å²) in [6.45, 7) is 2.01. The van der Waals surface area contributed by atoms with Crippen LogP contribution in [-0.4, -0.2) is 25.9 Å². The maximum absolute atomic E-state index is 13.8. The SMILES string of the molecule is COc1ccc(O)c([C@H]2Nc3ccccc3-n3c(-c4ccccc4C)c4c(=O)n(C)c(=O)n(C)c4c32)c1. The third kappa shape index (κ3) is 3.15. The Morgan fingerprint density at radius 2 is 1.68 bits per heavy atom. The normalized spacial score (nSPS) is 14.2. The van der Waals surface area contributed by atoms with Crippen LogP contribution in [0.2, 0.25) is 0 Å². The Kier molecular flexibility index (Phi) is 5.01. The van der Waals surface area contributed by atoms with Gasteiger partial charge in [-0.2, -0.15) is 0 Å². The molecule has 8 nitrogen and oxygen atoms in total. The number of aromatic hydroxyl groups is 1. The fraction of sp³-hybridized carbons (Fsp3) is 0.172. The minimum atomic E-state index is -0.581. The Morgan fingerprint density at radius 1 is 0.946 bits per heavy atom. The fourth-order valence-electron chi connectivity index (χ4n) is 5.44. The van der Waals surface area contributed by atoms with Gasteiger partial charge >= 0.3 is 5.69 Å². The van der Waals surface area contributed by atoms with Crippen molar-refractivity contribution in [1.82, 2.24) is 13.7 Å². The monoisotopic (exact) mass is 494 g/mol. The maximum Gasteiger partial charge on any atom is 0.331 e. The van der Waals surface area contributed by atoms with Crippen LogP contribution < -0.4 is 21.3 Å². The Balaban J connectivity index is 1.88. The number of rotatable bonds is 3. The zero-order valence-electron chi connectivity index (χ0n) is 20.9. The lowest BCUT2D eigenvalue weighted by molar-refractivity contribution is 0.410. The Morgan fingerprint density at radius 3 is 2.43 bits per heavy atom. The van der Waals surface area contributed by atoms with Crippen molar-refractivity contribution in [2.24, 2.45) is 14.1 Å². The average Bonchev–Trinajstić information content (AvgIpc) is 3.27. The molecule has 3 aromatic carbocycles. The van der Waals surface area contributed by atoms with Crippen LogP contribution in [0.3, 0.4) is 0 Å². The topological polar surface area (TPSA) is 90.4 Å². The Labute approximate surface area is 212 Å². The first kappa shape index (κ1) is 22.7. The van der Waals surface area contributed by atoms with Gasteiger partial charge in [0.05, 0.1) is 46.8 Å². The highest BCUT2D eigenvalue weighted by Gasteiger charge is 2.36. The van der Waals surface area contributed by atoms with Gasteiger partial charge in [0.15, 0.2) is 0 Å². The van der Waals surface area contributed by atoms with Crippen LogP contribution in [0.4, 0.5) is 5.69 Å². The molecule has 37 heavy (non-hydrogen) atoms. The maximum atomic E-state index is 13.8. The summed E-state index contributed by atoms with van der Waals surface area (Å²) in [5.74, 6) is 0.657. The minimum absolute atomic E-state index is 0.0739. The van der Waals surface area contributed by atoms with Gasteiger partial charge in [-0.05, 0) is 42.8 Å². The number of anilines is 1. The second kappa shape index (κ2) is 8.16. The van der Waals surface area contributed by atoms with Crippen molar-refractivity contribution < 1.29 is 9.84 Å². The number of nitrogens with one attached hydrogen (secondary N) is 1. The Bertz CT molecular complexity index is 1840. The van der Waals surface area contributed by atoms with Crippen molar-refractivity contribution in [2.45, 2.75) is 13.0 Å². The van der Waals surface area contributed by atoms with Gasteiger partial charge in [-0.25, -0.2) is 4.79 Å². The van der Waals surface area contributed by atoms with Crippen LogP contribution in [0.25, 0.3) is 27.8 Å². The largest absolute Gasteiger partial charge is 0.508 e. The van der Waals surface area contributed by atoms with Gasteiger partial charge in [0.1, 0.15) is 11.5 Å². The van der Waals surface area contributed by atoms with Gasteiger partial charge in [0, 0.05) is 25.2 Å². The summed E-state index contributed by atoms with van der Waals surface area (Å²) in [7, 11) is 4.75. The molecule has 0 fully saturated rings. The number of para-hydroxylation sites is 2. The minimum Gasteiger partial charge on any atom is -0.508 e. The van der Waals surface area contributed by atoms with Crippen molar-refractivity contribution in [3.63, 3.8) is 0 Å². The number of methoxy groups -OCH3 is 1. The molecule has 5 aromatic rings. The molecule has 0 aliphatic carbocycles. The zero-order chi connectivity index (χ0) is 26.0. The molecule has 0 unspecified atom stereocenters. The first-order chi connectivity index (χ1) is 17.8. The summed E-state index contributed by atoms with van der Waals surface area (Å²) >= 11 is 0. The molecule has 2 aromatic heterocycles. The van der Waals surface area contributed by atoms with Crippen molar-refractivity contribution in [3.8, 4) is 28.4 Å². The number of ether oxygens (including phenoxy) is 1. The molecule has 1 aliphatic heterocycles. The van der Waals surface area contributed by atoms with Crippen LogP contribution in [0, 0.1) is 6.92 Å². The van der Waals surface area contributed by atoms with E-state index in [2.05, 4.69) is 9.88 Å². The molecular weight excluding hydrogens is 468 g/mol. The number of hydrogen-bond donors (Lipinski definition) is 2. The van der Waals surface area contributed by atoms with Crippen LogP contribution in [0.5, 0.6) is 11.5 Å². The highest BCUT2D eigenvalue weighted by atomic mass is 16.5. The van der Waals surface area contributed by atoms with Crippen molar-refractivity contribution in [2.75, 3.05) is 12.4 Å². The molecule has 0 spiro atoms. The molecule has 1 aliphatic rings. The number of phenols is 1. The van der Waals surface area contributed by atoms with E-state index >= 15 is 0 Å². The van der Waals surface area contributed by atoms with E-state index in [-0.39, 0.29) is 11.3 Å². The number of aromatic nitrogens is 3. The number of aryl methyl sites for hydroxylation is 2. The number of phenolic OH excluding ortho intramolecular Hbond substituents is 1. The van der Waals surface area contributed by atoms with E-state index in [0.717, 1.165) is 27.1 Å². The molecule has 1 atom stereocenters. The molecule has 8 heteroatoms. The van der Waals surface area contributed by atoms with Gasteiger partial charge in [0.2, 0.25) is 0 Å². The van der Waals surface area contributed by atoms with E-state index in [1.807, 2.05) is 55.5 Å². The third-order valence-corrected chi connectivity index (χ3v) is 7.27. The molecule has 3 heterocycles.